The van der Waals surface area contributed by atoms with Gasteiger partial charge in [-0.05, 0) is 43.0 Å². The Hall–Kier alpha value is -3.13. The number of nitrogens with one attached hydrogen (secondary N) is 1. The van der Waals surface area contributed by atoms with Crippen LogP contribution in [0.2, 0.25) is 0 Å². The van der Waals surface area contributed by atoms with Crippen molar-refractivity contribution in [3.63, 3.8) is 0 Å². The first kappa shape index (κ1) is 15.8. The summed E-state index contributed by atoms with van der Waals surface area (Å²) in [5, 5.41) is 11.6. The summed E-state index contributed by atoms with van der Waals surface area (Å²) in [6.45, 7) is 1.96. The summed E-state index contributed by atoms with van der Waals surface area (Å²) in [6.07, 6.45) is 5.65. The molecule has 120 valence electrons. The number of imidazole rings is 1. The third-order valence-electron chi connectivity index (χ3n) is 3.95. The highest BCUT2D eigenvalue weighted by Gasteiger charge is 2.13. The molecule has 0 bridgehead atoms. The first-order chi connectivity index (χ1) is 11.7. The number of nitriles is 1. The van der Waals surface area contributed by atoms with E-state index in [1.54, 1.807) is 10.6 Å². The number of para-hydroxylation sites is 1. The summed E-state index contributed by atoms with van der Waals surface area (Å²) in [5.41, 5.74) is 4.12. The summed E-state index contributed by atoms with van der Waals surface area (Å²) in [4.78, 5) is 16.9. The molecule has 1 aromatic carbocycles. The van der Waals surface area contributed by atoms with Crippen molar-refractivity contribution in [2.45, 2.75) is 26.2 Å². The Morgan fingerprint density at radius 3 is 2.92 bits per heavy atom. The molecule has 2 aromatic heterocycles. The fourth-order valence-corrected chi connectivity index (χ4v) is 2.61. The molecule has 0 spiro atoms. The van der Waals surface area contributed by atoms with Gasteiger partial charge >= 0.3 is 0 Å². The largest absolute Gasteiger partial charge is 0.320 e. The molecule has 2 heterocycles. The molecule has 0 aliphatic heterocycles. The van der Waals surface area contributed by atoms with Crippen LogP contribution < -0.4 is 5.32 Å². The first-order valence-corrected chi connectivity index (χ1v) is 7.89. The van der Waals surface area contributed by atoms with Gasteiger partial charge in [0.1, 0.15) is 11.3 Å². The van der Waals surface area contributed by atoms with Crippen LogP contribution in [0, 0.1) is 18.3 Å². The van der Waals surface area contributed by atoms with Gasteiger partial charge in [0.15, 0.2) is 0 Å². The second kappa shape index (κ2) is 6.97. The Balaban J connectivity index is 1.86. The molecular weight excluding hydrogens is 300 g/mol. The number of hydrogen-bond donors (Lipinski definition) is 1. The number of hydrogen-bond acceptors (Lipinski definition) is 3. The van der Waals surface area contributed by atoms with Crippen LogP contribution in [0.4, 0.5) is 5.69 Å². The van der Waals surface area contributed by atoms with Crippen molar-refractivity contribution >= 4 is 17.2 Å². The molecule has 0 unspecified atom stereocenters. The van der Waals surface area contributed by atoms with Crippen LogP contribution in [0.25, 0.3) is 5.65 Å². The van der Waals surface area contributed by atoms with E-state index < -0.39 is 0 Å². The molecule has 0 radical (unpaired) electrons. The van der Waals surface area contributed by atoms with Crippen molar-refractivity contribution in [1.82, 2.24) is 9.38 Å². The number of unbranched alkanes of at least 4 members (excludes halogenated alkanes) is 1. The number of carbonyl (C=O) groups is 1. The molecule has 0 saturated heterocycles. The van der Waals surface area contributed by atoms with Gasteiger partial charge < -0.3 is 5.32 Å². The molecular formula is C19H18N4O. The summed E-state index contributed by atoms with van der Waals surface area (Å²) < 4.78 is 1.80. The third-order valence-corrected chi connectivity index (χ3v) is 3.95. The van der Waals surface area contributed by atoms with Gasteiger partial charge in [0, 0.05) is 18.3 Å². The van der Waals surface area contributed by atoms with E-state index in [1.165, 1.54) is 0 Å². The van der Waals surface area contributed by atoms with Crippen LogP contribution in [0.3, 0.4) is 0 Å². The second-order valence-electron chi connectivity index (χ2n) is 5.69. The average molecular weight is 318 g/mol. The minimum atomic E-state index is -0.189. The van der Waals surface area contributed by atoms with Gasteiger partial charge in [-0.1, -0.05) is 24.3 Å². The standard InChI is InChI=1S/C19H18N4O/c1-14-6-2-3-8-16(14)22-19(24)17-12-21-18-10-9-15(13-23(17)18)7-4-5-11-20/h2-3,6,8-10,12-13H,4-5,7H2,1H3,(H,22,24). The number of benzene rings is 1. The van der Waals surface area contributed by atoms with Crippen LogP contribution >= 0.6 is 0 Å². The molecule has 0 aliphatic carbocycles. The van der Waals surface area contributed by atoms with Crippen molar-refractivity contribution in [2.75, 3.05) is 5.32 Å². The molecule has 5 heteroatoms. The summed E-state index contributed by atoms with van der Waals surface area (Å²) >= 11 is 0. The van der Waals surface area contributed by atoms with E-state index >= 15 is 0 Å². The van der Waals surface area contributed by atoms with Crippen molar-refractivity contribution in [1.29, 1.82) is 5.26 Å². The van der Waals surface area contributed by atoms with Gasteiger partial charge in [-0.3, -0.25) is 9.20 Å². The van der Waals surface area contributed by atoms with E-state index in [0.29, 0.717) is 12.1 Å². The smallest absolute Gasteiger partial charge is 0.274 e. The van der Waals surface area contributed by atoms with Crippen LogP contribution in [0.5, 0.6) is 0 Å². The Bertz CT molecular complexity index is 921. The Morgan fingerprint density at radius 1 is 1.29 bits per heavy atom. The van der Waals surface area contributed by atoms with Gasteiger partial charge in [0.25, 0.3) is 5.91 Å². The zero-order chi connectivity index (χ0) is 16.9. The molecule has 0 saturated carbocycles. The highest BCUT2D eigenvalue weighted by atomic mass is 16.1. The lowest BCUT2D eigenvalue weighted by atomic mass is 10.1. The number of nitrogens with zero attached hydrogens (tertiary/aromatic N) is 3. The molecule has 24 heavy (non-hydrogen) atoms. The monoisotopic (exact) mass is 318 g/mol. The minimum Gasteiger partial charge on any atom is -0.320 e. The molecule has 0 atom stereocenters. The first-order valence-electron chi connectivity index (χ1n) is 7.89. The van der Waals surface area contributed by atoms with Gasteiger partial charge in [-0.25, -0.2) is 4.98 Å². The van der Waals surface area contributed by atoms with Crippen LogP contribution in [0.15, 0.2) is 48.8 Å². The normalized spacial score (nSPS) is 10.5. The Morgan fingerprint density at radius 2 is 2.12 bits per heavy atom. The summed E-state index contributed by atoms with van der Waals surface area (Å²) in [7, 11) is 0. The van der Waals surface area contributed by atoms with Crippen molar-refractivity contribution in [2.24, 2.45) is 0 Å². The summed E-state index contributed by atoms with van der Waals surface area (Å²) in [6, 6.07) is 13.7. The van der Waals surface area contributed by atoms with Crippen LogP contribution in [-0.2, 0) is 6.42 Å². The van der Waals surface area contributed by atoms with Crippen molar-refractivity contribution in [3.8, 4) is 6.07 Å². The second-order valence-corrected chi connectivity index (χ2v) is 5.69. The number of rotatable bonds is 5. The predicted molar refractivity (Wildman–Crippen MR) is 92.9 cm³/mol. The van der Waals surface area contributed by atoms with Gasteiger partial charge in [0.05, 0.1) is 12.3 Å². The highest BCUT2D eigenvalue weighted by Crippen LogP contribution is 2.16. The molecule has 5 nitrogen and oxygen atoms in total. The molecule has 3 rings (SSSR count). The summed E-state index contributed by atoms with van der Waals surface area (Å²) in [5.74, 6) is -0.189. The quantitative estimate of drug-likeness (QED) is 0.728. The number of pyridine rings is 1. The Labute approximate surface area is 140 Å². The number of aromatic nitrogens is 2. The lowest BCUT2D eigenvalue weighted by molar-refractivity contribution is 0.102. The fraction of sp³-hybridized carbons (Fsp3) is 0.211. The zero-order valence-electron chi connectivity index (χ0n) is 13.5. The lowest BCUT2D eigenvalue weighted by Gasteiger charge is -2.08. The molecule has 1 N–H and O–H groups in total. The van der Waals surface area contributed by atoms with Gasteiger partial charge in [-0.2, -0.15) is 5.26 Å². The maximum absolute atomic E-state index is 12.6. The number of aryl methyl sites for hydroxylation is 2. The number of amides is 1. The van der Waals surface area contributed by atoms with Crippen LogP contribution in [0.1, 0.15) is 34.5 Å². The van der Waals surface area contributed by atoms with E-state index in [4.69, 9.17) is 5.26 Å². The maximum atomic E-state index is 12.6. The van der Waals surface area contributed by atoms with E-state index in [0.717, 1.165) is 35.3 Å². The van der Waals surface area contributed by atoms with Gasteiger partial charge in [-0.15, -0.1) is 0 Å². The molecule has 1 amide bonds. The predicted octanol–water partition coefficient (Wildman–Crippen LogP) is 3.74. The molecule has 0 aliphatic rings. The average Bonchev–Trinajstić information content (AvgIpc) is 3.00. The topological polar surface area (TPSA) is 70.2 Å². The third kappa shape index (κ3) is 3.28. The zero-order valence-corrected chi connectivity index (χ0v) is 13.5. The van der Waals surface area contributed by atoms with E-state index in [-0.39, 0.29) is 5.91 Å². The number of fused-ring (bicyclic) bond motifs is 1. The van der Waals surface area contributed by atoms with E-state index in [2.05, 4.69) is 16.4 Å². The van der Waals surface area contributed by atoms with E-state index in [1.807, 2.05) is 49.5 Å². The van der Waals surface area contributed by atoms with Gasteiger partial charge in [0.2, 0.25) is 0 Å². The minimum absolute atomic E-state index is 0.189. The van der Waals surface area contributed by atoms with Crippen molar-refractivity contribution in [3.05, 3.63) is 65.6 Å². The molecule has 0 fully saturated rings. The van der Waals surface area contributed by atoms with Crippen molar-refractivity contribution < 1.29 is 4.79 Å². The fourth-order valence-electron chi connectivity index (χ4n) is 2.61. The highest BCUT2D eigenvalue weighted by molar-refractivity contribution is 6.03. The lowest BCUT2D eigenvalue weighted by Crippen LogP contribution is -2.15. The maximum Gasteiger partial charge on any atom is 0.274 e. The van der Waals surface area contributed by atoms with E-state index in [9.17, 15) is 4.79 Å². The SMILES string of the molecule is Cc1ccccc1NC(=O)c1cnc2ccc(CCCC#N)cn12. The molecule has 3 aromatic rings. The number of anilines is 1. The number of carbonyl (C=O) groups excluding carboxylic acids is 1. The van der Waals surface area contributed by atoms with Crippen LogP contribution in [-0.4, -0.2) is 15.3 Å². The Kier molecular flexibility index (Phi) is 4.57.